The lowest BCUT2D eigenvalue weighted by molar-refractivity contribution is 0.0580. The number of nitrogens with one attached hydrogen (secondary N) is 1. The minimum absolute atomic E-state index is 0.00582. The number of hydrazine groups is 1. The molecule has 1 aromatic heterocycles. The number of amides is 1. The molecule has 6 heteroatoms. The molecular weight excluding hydrogens is 232 g/mol. The van der Waals surface area contributed by atoms with Crippen LogP contribution in [0.3, 0.4) is 0 Å². The maximum Gasteiger partial charge on any atom is 0.256 e. The predicted octanol–water partition coefficient (Wildman–Crippen LogP) is 0.864. The molecular formula is C12H20N4O2. The van der Waals surface area contributed by atoms with E-state index in [1.807, 2.05) is 13.8 Å². The van der Waals surface area contributed by atoms with E-state index in [9.17, 15) is 4.79 Å². The SMILES string of the molecule is CCN(C(=O)c1ccncc1NN)C(C)COC. The van der Waals surface area contributed by atoms with E-state index in [1.54, 1.807) is 24.3 Å². The molecule has 3 N–H and O–H groups in total. The van der Waals surface area contributed by atoms with Gasteiger partial charge < -0.3 is 15.1 Å². The lowest BCUT2D eigenvalue weighted by Crippen LogP contribution is -2.41. The molecule has 1 heterocycles. The third-order valence-electron chi connectivity index (χ3n) is 2.75. The first-order chi connectivity index (χ1) is 8.65. The summed E-state index contributed by atoms with van der Waals surface area (Å²) in [5.41, 5.74) is 3.52. The van der Waals surface area contributed by atoms with Crippen molar-refractivity contribution in [2.75, 3.05) is 25.7 Å². The van der Waals surface area contributed by atoms with Crippen molar-refractivity contribution in [3.63, 3.8) is 0 Å². The lowest BCUT2D eigenvalue weighted by Gasteiger charge is -2.28. The molecule has 0 saturated heterocycles. The zero-order valence-electron chi connectivity index (χ0n) is 11.0. The number of ether oxygens (including phenoxy) is 1. The van der Waals surface area contributed by atoms with Gasteiger partial charge in [0.05, 0.1) is 30.1 Å². The Balaban J connectivity index is 2.96. The second kappa shape index (κ2) is 6.93. The maximum atomic E-state index is 12.4. The molecule has 1 unspecified atom stereocenters. The molecule has 18 heavy (non-hydrogen) atoms. The van der Waals surface area contributed by atoms with E-state index >= 15 is 0 Å². The van der Waals surface area contributed by atoms with Crippen molar-refractivity contribution in [2.24, 2.45) is 5.84 Å². The van der Waals surface area contributed by atoms with Crippen LogP contribution in [0.5, 0.6) is 0 Å². The number of nitrogen functional groups attached to an aromatic ring is 1. The topological polar surface area (TPSA) is 80.5 Å². The largest absolute Gasteiger partial charge is 0.383 e. The Morgan fingerprint density at radius 3 is 2.94 bits per heavy atom. The Morgan fingerprint density at radius 2 is 2.39 bits per heavy atom. The molecule has 0 radical (unpaired) electrons. The molecule has 0 aliphatic heterocycles. The third-order valence-corrected chi connectivity index (χ3v) is 2.75. The number of likely N-dealkylation sites (N-methyl/N-ethyl adjacent to an activating group) is 1. The average Bonchev–Trinajstić information content (AvgIpc) is 2.39. The molecule has 0 aromatic carbocycles. The van der Waals surface area contributed by atoms with Crippen molar-refractivity contribution in [1.29, 1.82) is 0 Å². The molecule has 0 bridgehead atoms. The van der Waals surface area contributed by atoms with Crippen molar-refractivity contribution in [3.05, 3.63) is 24.0 Å². The second-order valence-corrected chi connectivity index (χ2v) is 3.96. The fourth-order valence-corrected chi connectivity index (χ4v) is 1.84. The minimum Gasteiger partial charge on any atom is -0.383 e. The normalized spacial score (nSPS) is 12.0. The third kappa shape index (κ3) is 3.18. The maximum absolute atomic E-state index is 12.4. The zero-order valence-corrected chi connectivity index (χ0v) is 11.0. The van der Waals surface area contributed by atoms with Gasteiger partial charge >= 0.3 is 0 Å². The standard InChI is InChI=1S/C12H20N4O2/c1-4-16(9(2)8-18-3)12(17)10-5-6-14-7-11(10)15-13/h5-7,9,15H,4,8,13H2,1-3H3. The predicted molar refractivity (Wildman–Crippen MR) is 70.1 cm³/mol. The number of aromatic nitrogens is 1. The van der Waals surface area contributed by atoms with E-state index in [1.165, 1.54) is 6.20 Å². The average molecular weight is 252 g/mol. The number of pyridine rings is 1. The van der Waals surface area contributed by atoms with Gasteiger partial charge in [-0.05, 0) is 19.9 Å². The Morgan fingerprint density at radius 1 is 1.67 bits per heavy atom. The van der Waals surface area contributed by atoms with Gasteiger partial charge in [0.25, 0.3) is 5.91 Å². The molecule has 6 nitrogen and oxygen atoms in total. The van der Waals surface area contributed by atoms with Gasteiger partial charge in [-0.3, -0.25) is 15.6 Å². The summed E-state index contributed by atoms with van der Waals surface area (Å²) in [6.45, 7) is 4.98. The highest BCUT2D eigenvalue weighted by Crippen LogP contribution is 2.16. The number of carbonyl (C=O) groups excluding carboxylic acids is 1. The van der Waals surface area contributed by atoms with Gasteiger partial charge in [0.1, 0.15) is 0 Å². The Kier molecular flexibility index (Phi) is 5.54. The summed E-state index contributed by atoms with van der Waals surface area (Å²) in [5.74, 6) is 5.29. The van der Waals surface area contributed by atoms with Gasteiger partial charge in [0, 0.05) is 19.9 Å². The van der Waals surface area contributed by atoms with Crippen LogP contribution in [-0.4, -0.2) is 42.1 Å². The Labute approximate surface area is 107 Å². The van der Waals surface area contributed by atoms with E-state index in [2.05, 4.69) is 10.4 Å². The van der Waals surface area contributed by atoms with Gasteiger partial charge in [0.2, 0.25) is 0 Å². The van der Waals surface area contributed by atoms with Crippen molar-refractivity contribution >= 4 is 11.6 Å². The first kappa shape index (κ1) is 14.4. The monoisotopic (exact) mass is 252 g/mol. The van der Waals surface area contributed by atoms with Crippen LogP contribution in [0.1, 0.15) is 24.2 Å². The van der Waals surface area contributed by atoms with E-state index in [0.29, 0.717) is 24.4 Å². The Hall–Kier alpha value is -1.66. The first-order valence-electron chi connectivity index (χ1n) is 5.86. The summed E-state index contributed by atoms with van der Waals surface area (Å²) in [6.07, 6.45) is 3.10. The molecule has 0 fully saturated rings. The molecule has 1 atom stereocenters. The van der Waals surface area contributed by atoms with Crippen LogP contribution < -0.4 is 11.3 Å². The van der Waals surface area contributed by atoms with E-state index in [0.717, 1.165) is 0 Å². The van der Waals surface area contributed by atoms with E-state index < -0.39 is 0 Å². The molecule has 0 saturated carbocycles. The number of nitrogens with zero attached hydrogens (tertiary/aromatic N) is 2. The summed E-state index contributed by atoms with van der Waals surface area (Å²) < 4.78 is 5.08. The Bertz CT molecular complexity index is 397. The summed E-state index contributed by atoms with van der Waals surface area (Å²) in [6, 6.07) is 1.66. The van der Waals surface area contributed by atoms with Crippen LogP contribution in [0.25, 0.3) is 0 Å². The minimum atomic E-state index is -0.0857. The van der Waals surface area contributed by atoms with Gasteiger partial charge in [0.15, 0.2) is 0 Å². The van der Waals surface area contributed by atoms with Crippen molar-refractivity contribution in [2.45, 2.75) is 19.9 Å². The first-order valence-corrected chi connectivity index (χ1v) is 5.86. The van der Waals surface area contributed by atoms with Crippen LogP contribution in [0.2, 0.25) is 0 Å². The number of hydrogen-bond donors (Lipinski definition) is 2. The number of nitrogens with two attached hydrogens (primary N) is 1. The fourth-order valence-electron chi connectivity index (χ4n) is 1.84. The lowest BCUT2D eigenvalue weighted by atomic mass is 10.1. The summed E-state index contributed by atoms with van der Waals surface area (Å²) in [5, 5.41) is 0. The molecule has 100 valence electrons. The van der Waals surface area contributed by atoms with Crippen molar-refractivity contribution in [3.8, 4) is 0 Å². The van der Waals surface area contributed by atoms with Gasteiger partial charge in [-0.1, -0.05) is 0 Å². The highest BCUT2D eigenvalue weighted by molar-refractivity contribution is 5.99. The van der Waals surface area contributed by atoms with E-state index in [-0.39, 0.29) is 11.9 Å². The van der Waals surface area contributed by atoms with Crippen LogP contribution in [0, 0.1) is 0 Å². The summed E-state index contributed by atoms with van der Waals surface area (Å²) >= 11 is 0. The molecule has 0 aliphatic carbocycles. The van der Waals surface area contributed by atoms with Crippen molar-refractivity contribution in [1.82, 2.24) is 9.88 Å². The highest BCUT2D eigenvalue weighted by atomic mass is 16.5. The summed E-state index contributed by atoms with van der Waals surface area (Å²) in [7, 11) is 1.62. The second-order valence-electron chi connectivity index (χ2n) is 3.96. The van der Waals surface area contributed by atoms with Gasteiger partial charge in [-0.2, -0.15) is 0 Å². The number of carbonyl (C=O) groups is 1. The van der Waals surface area contributed by atoms with Crippen LogP contribution in [0.4, 0.5) is 5.69 Å². The quantitative estimate of drug-likeness (QED) is 0.580. The van der Waals surface area contributed by atoms with Gasteiger partial charge in [-0.25, -0.2) is 0 Å². The number of hydrogen-bond acceptors (Lipinski definition) is 5. The number of methoxy groups -OCH3 is 1. The molecule has 0 spiro atoms. The van der Waals surface area contributed by atoms with Crippen molar-refractivity contribution < 1.29 is 9.53 Å². The van der Waals surface area contributed by atoms with Crippen LogP contribution in [0.15, 0.2) is 18.5 Å². The smallest absolute Gasteiger partial charge is 0.256 e. The van der Waals surface area contributed by atoms with E-state index in [4.69, 9.17) is 10.6 Å². The fraction of sp³-hybridized carbons (Fsp3) is 0.500. The summed E-state index contributed by atoms with van der Waals surface area (Å²) in [4.78, 5) is 18.1. The van der Waals surface area contributed by atoms with Crippen LogP contribution in [-0.2, 0) is 4.74 Å². The zero-order chi connectivity index (χ0) is 13.5. The number of rotatable bonds is 6. The van der Waals surface area contributed by atoms with Gasteiger partial charge in [-0.15, -0.1) is 0 Å². The van der Waals surface area contributed by atoms with Crippen LogP contribution >= 0.6 is 0 Å². The molecule has 1 rings (SSSR count). The molecule has 0 aliphatic rings. The highest BCUT2D eigenvalue weighted by Gasteiger charge is 2.21. The molecule has 1 aromatic rings. The molecule has 1 amide bonds. The number of anilines is 1.